The normalized spacial score (nSPS) is 9.50. The van der Waals surface area contributed by atoms with Crippen LogP contribution in [0.3, 0.4) is 0 Å². The van der Waals surface area contributed by atoms with Crippen molar-refractivity contribution in [3.63, 3.8) is 0 Å². The molecule has 2 rings (SSSR count). The first-order valence-corrected chi connectivity index (χ1v) is 4.91. The van der Waals surface area contributed by atoms with Gasteiger partial charge in [-0.05, 0) is 24.3 Å². The van der Waals surface area contributed by atoms with Crippen molar-refractivity contribution in [2.75, 3.05) is 5.32 Å². The molecular weight excluding hydrogens is 224 g/mol. The van der Waals surface area contributed by atoms with E-state index in [9.17, 15) is 0 Å². The fourth-order valence-corrected chi connectivity index (χ4v) is 1.32. The van der Waals surface area contributed by atoms with E-state index in [0.717, 1.165) is 5.69 Å². The largest absolute Gasteiger partial charge is 0.338 e. The van der Waals surface area contributed by atoms with Gasteiger partial charge in [-0.1, -0.05) is 11.6 Å². The molecule has 1 N–H and O–H groups in total. The van der Waals surface area contributed by atoms with Crippen molar-refractivity contribution in [1.29, 1.82) is 5.26 Å². The van der Waals surface area contributed by atoms with Gasteiger partial charge in [0.1, 0.15) is 0 Å². The standard InChI is InChI=1S/C11H7ClN4/c12-10-11(15-6-5-14-10)16-9-3-1-8(7-13)2-4-9/h1-6H,(H,15,16). The van der Waals surface area contributed by atoms with E-state index in [2.05, 4.69) is 15.3 Å². The van der Waals surface area contributed by atoms with Gasteiger partial charge in [0.15, 0.2) is 11.0 Å². The molecule has 78 valence electrons. The third-order valence-corrected chi connectivity index (χ3v) is 2.21. The molecule has 0 bridgehead atoms. The van der Waals surface area contributed by atoms with E-state index in [1.165, 1.54) is 6.20 Å². The van der Waals surface area contributed by atoms with Gasteiger partial charge in [0, 0.05) is 18.1 Å². The molecule has 0 radical (unpaired) electrons. The Balaban J connectivity index is 2.22. The number of nitriles is 1. The van der Waals surface area contributed by atoms with Gasteiger partial charge < -0.3 is 5.32 Å². The number of anilines is 2. The van der Waals surface area contributed by atoms with Crippen molar-refractivity contribution in [1.82, 2.24) is 9.97 Å². The van der Waals surface area contributed by atoms with Gasteiger partial charge in [0.05, 0.1) is 11.6 Å². The van der Waals surface area contributed by atoms with Crippen LogP contribution in [-0.4, -0.2) is 9.97 Å². The van der Waals surface area contributed by atoms with Crippen LogP contribution in [0.4, 0.5) is 11.5 Å². The van der Waals surface area contributed by atoms with Crippen LogP contribution in [-0.2, 0) is 0 Å². The zero-order valence-electron chi connectivity index (χ0n) is 8.18. The Morgan fingerprint density at radius 3 is 2.44 bits per heavy atom. The van der Waals surface area contributed by atoms with Crippen LogP contribution in [0.1, 0.15) is 5.56 Å². The number of benzene rings is 1. The second-order valence-corrected chi connectivity index (χ2v) is 3.37. The van der Waals surface area contributed by atoms with E-state index >= 15 is 0 Å². The van der Waals surface area contributed by atoms with Gasteiger partial charge in [-0.25, -0.2) is 9.97 Å². The van der Waals surface area contributed by atoms with E-state index in [0.29, 0.717) is 16.5 Å². The summed E-state index contributed by atoms with van der Waals surface area (Å²) < 4.78 is 0. The summed E-state index contributed by atoms with van der Waals surface area (Å²) in [4.78, 5) is 7.94. The molecule has 0 saturated heterocycles. The summed E-state index contributed by atoms with van der Waals surface area (Å²) in [6.07, 6.45) is 3.07. The molecule has 1 heterocycles. The highest BCUT2D eigenvalue weighted by Crippen LogP contribution is 2.20. The molecule has 0 atom stereocenters. The lowest BCUT2D eigenvalue weighted by Gasteiger charge is -2.05. The van der Waals surface area contributed by atoms with Crippen LogP contribution < -0.4 is 5.32 Å². The fraction of sp³-hybridized carbons (Fsp3) is 0. The first kappa shape index (κ1) is 10.4. The maximum absolute atomic E-state index is 8.65. The number of halogens is 1. The molecule has 5 heteroatoms. The highest BCUT2D eigenvalue weighted by atomic mass is 35.5. The predicted octanol–water partition coefficient (Wildman–Crippen LogP) is 2.75. The van der Waals surface area contributed by atoms with Gasteiger partial charge in [-0.15, -0.1) is 0 Å². The molecule has 0 fully saturated rings. The molecule has 0 aliphatic heterocycles. The van der Waals surface area contributed by atoms with Crippen molar-refractivity contribution in [2.24, 2.45) is 0 Å². The number of hydrogen-bond acceptors (Lipinski definition) is 4. The Labute approximate surface area is 97.5 Å². The Bertz CT molecular complexity index is 530. The number of rotatable bonds is 2. The van der Waals surface area contributed by atoms with Crippen LogP contribution >= 0.6 is 11.6 Å². The molecule has 0 saturated carbocycles. The molecule has 16 heavy (non-hydrogen) atoms. The highest BCUT2D eigenvalue weighted by molar-refractivity contribution is 6.31. The minimum Gasteiger partial charge on any atom is -0.338 e. The Morgan fingerprint density at radius 1 is 1.12 bits per heavy atom. The molecule has 4 nitrogen and oxygen atoms in total. The van der Waals surface area contributed by atoms with Gasteiger partial charge >= 0.3 is 0 Å². The molecule has 1 aromatic carbocycles. The smallest absolute Gasteiger partial charge is 0.171 e. The lowest BCUT2D eigenvalue weighted by atomic mass is 10.2. The van der Waals surface area contributed by atoms with Crippen molar-refractivity contribution >= 4 is 23.1 Å². The third-order valence-electron chi connectivity index (χ3n) is 1.93. The average molecular weight is 231 g/mol. The maximum atomic E-state index is 8.65. The summed E-state index contributed by atoms with van der Waals surface area (Å²) in [6.45, 7) is 0. The molecule has 0 amide bonds. The molecule has 0 aliphatic rings. The Kier molecular flexibility index (Phi) is 2.99. The minimum atomic E-state index is 0.312. The van der Waals surface area contributed by atoms with Crippen LogP contribution in [0.15, 0.2) is 36.7 Å². The zero-order valence-corrected chi connectivity index (χ0v) is 8.94. The van der Waals surface area contributed by atoms with Crippen LogP contribution in [0.2, 0.25) is 5.15 Å². The summed E-state index contributed by atoms with van der Waals surface area (Å²) in [7, 11) is 0. The second-order valence-electron chi connectivity index (χ2n) is 3.01. The predicted molar refractivity (Wildman–Crippen MR) is 61.5 cm³/mol. The van der Waals surface area contributed by atoms with Gasteiger partial charge in [-0.2, -0.15) is 5.26 Å². The van der Waals surface area contributed by atoms with E-state index in [1.54, 1.807) is 30.5 Å². The lowest BCUT2D eigenvalue weighted by Crippen LogP contribution is -1.95. The van der Waals surface area contributed by atoms with Crippen molar-refractivity contribution in [3.05, 3.63) is 47.4 Å². The first-order chi connectivity index (χ1) is 7.79. The summed E-state index contributed by atoms with van der Waals surface area (Å²) in [5.74, 6) is 0.494. The zero-order chi connectivity index (χ0) is 11.4. The maximum Gasteiger partial charge on any atom is 0.171 e. The molecule has 2 aromatic rings. The average Bonchev–Trinajstić information content (AvgIpc) is 2.33. The molecule has 0 spiro atoms. The number of nitrogens with zero attached hydrogens (tertiary/aromatic N) is 3. The minimum absolute atomic E-state index is 0.312. The van der Waals surface area contributed by atoms with Crippen molar-refractivity contribution in [3.8, 4) is 6.07 Å². The highest BCUT2D eigenvalue weighted by Gasteiger charge is 2.01. The summed E-state index contributed by atoms with van der Waals surface area (Å²) in [5, 5.41) is 12.0. The summed E-state index contributed by atoms with van der Waals surface area (Å²) >= 11 is 5.84. The molecule has 0 unspecified atom stereocenters. The molecule has 1 aromatic heterocycles. The number of aromatic nitrogens is 2. The monoisotopic (exact) mass is 230 g/mol. The number of hydrogen-bond donors (Lipinski definition) is 1. The van der Waals surface area contributed by atoms with E-state index < -0.39 is 0 Å². The van der Waals surface area contributed by atoms with Crippen LogP contribution in [0.5, 0.6) is 0 Å². The number of nitrogens with one attached hydrogen (secondary N) is 1. The molecule has 0 aliphatic carbocycles. The van der Waals surface area contributed by atoms with Crippen LogP contribution in [0.25, 0.3) is 0 Å². The Morgan fingerprint density at radius 2 is 1.81 bits per heavy atom. The molecular formula is C11H7ClN4. The third kappa shape index (κ3) is 2.27. The topological polar surface area (TPSA) is 61.6 Å². The summed E-state index contributed by atoms with van der Waals surface area (Å²) in [5.41, 5.74) is 1.41. The second kappa shape index (κ2) is 4.60. The van der Waals surface area contributed by atoms with Gasteiger partial charge in [-0.3, -0.25) is 0 Å². The van der Waals surface area contributed by atoms with E-state index in [1.807, 2.05) is 6.07 Å². The van der Waals surface area contributed by atoms with Crippen molar-refractivity contribution < 1.29 is 0 Å². The SMILES string of the molecule is N#Cc1ccc(Nc2nccnc2Cl)cc1. The van der Waals surface area contributed by atoms with Crippen molar-refractivity contribution in [2.45, 2.75) is 0 Å². The fourth-order valence-electron chi connectivity index (χ4n) is 1.17. The van der Waals surface area contributed by atoms with Crippen LogP contribution in [0, 0.1) is 11.3 Å². The Hall–Kier alpha value is -2.12. The first-order valence-electron chi connectivity index (χ1n) is 4.53. The quantitative estimate of drug-likeness (QED) is 0.862. The lowest BCUT2D eigenvalue weighted by molar-refractivity contribution is 1.20. The summed E-state index contributed by atoms with van der Waals surface area (Å²) in [6, 6.07) is 9.04. The van der Waals surface area contributed by atoms with E-state index in [4.69, 9.17) is 16.9 Å². The van der Waals surface area contributed by atoms with Gasteiger partial charge in [0.2, 0.25) is 0 Å². The van der Waals surface area contributed by atoms with E-state index in [-0.39, 0.29) is 0 Å². The van der Waals surface area contributed by atoms with Gasteiger partial charge in [0.25, 0.3) is 0 Å².